The number of nitrogens with zero attached hydrogens (tertiary/aromatic N) is 5. The Morgan fingerprint density at radius 1 is 0.273 bits per heavy atom. The van der Waals surface area contributed by atoms with Crippen LogP contribution in [0.3, 0.4) is 0 Å². The van der Waals surface area contributed by atoms with Gasteiger partial charge in [0.25, 0.3) is 5.69 Å². The van der Waals surface area contributed by atoms with E-state index in [9.17, 15) is 0 Å². The van der Waals surface area contributed by atoms with E-state index < -0.39 is 0 Å². The molecule has 14 rings (SSSR count). The van der Waals surface area contributed by atoms with Gasteiger partial charge in [0.1, 0.15) is 11.4 Å². The number of aromatic nitrogens is 3. The van der Waals surface area contributed by atoms with Gasteiger partial charge in [-0.3, -0.25) is 9.97 Å². The Morgan fingerprint density at radius 3 is 1.13 bits per heavy atom. The van der Waals surface area contributed by atoms with E-state index in [2.05, 4.69) is 259 Å². The summed E-state index contributed by atoms with van der Waals surface area (Å²) in [5.41, 5.74) is 25.7. The highest BCUT2D eigenvalue weighted by atomic mass is 15.3. The molecule has 2 aliphatic rings. The van der Waals surface area contributed by atoms with Crippen LogP contribution in [0.2, 0.25) is 0 Å². The van der Waals surface area contributed by atoms with E-state index in [0.29, 0.717) is 0 Å². The van der Waals surface area contributed by atoms with Crippen LogP contribution in [0.25, 0.3) is 117 Å². The molecule has 0 radical (unpaired) electrons. The Morgan fingerprint density at radius 2 is 0.649 bits per heavy atom. The summed E-state index contributed by atoms with van der Waals surface area (Å²) in [6.07, 6.45) is 8.34. The zero-order valence-corrected chi connectivity index (χ0v) is 41.9. The van der Waals surface area contributed by atoms with Crippen molar-refractivity contribution in [2.45, 2.75) is 6.04 Å². The zero-order chi connectivity index (χ0) is 51.1. The van der Waals surface area contributed by atoms with E-state index in [1.807, 2.05) is 30.7 Å². The first kappa shape index (κ1) is 45.4. The second kappa shape index (κ2) is 19.6. The minimum atomic E-state index is -0.0800. The highest BCUT2D eigenvalue weighted by molar-refractivity contribution is 5.95. The maximum Gasteiger partial charge on any atom is 0.259 e. The first-order valence-electron chi connectivity index (χ1n) is 26.1. The highest BCUT2D eigenvalue weighted by Crippen LogP contribution is 2.50. The highest BCUT2D eigenvalue weighted by Gasteiger charge is 2.41. The minimum absolute atomic E-state index is 0.0800. The lowest BCUT2D eigenvalue weighted by molar-refractivity contribution is -0.536. The Labute approximate surface area is 448 Å². The van der Waals surface area contributed by atoms with Crippen LogP contribution in [-0.4, -0.2) is 19.6 Å². The third-order valence-electron chi connectivity index (χ3n) is 15.0. The first-order chi connectivity index (χ1) is 38.2. The Bertz CT molecular complexity index is 4080. The van der Waals surface area contributed by atoms with E-state index in [0.717, 1.165) is 117 Å². The summed E-state index contributed by atoms with van der Waals surface area (Å²) in [6, 6.07) is 92.5. The molecule has 0 saturated heterocycles. The number of fused-ring (bicyclic) bond motifs is 6. The summed E-state index contributed by atoms with van der Waals surface area (Å²) in [7, 11) is 0. The number of hydrogen-bond donors (Lipinski definition) is 0. The van der Waals surface area contributed by atoms with Crippen LogP contribution >= 0.6 is 0 Å². The van der Waals surface area contributed by atoms with Crippen LogP contribution in [0.5, 0.6) is 0 Å². The number of azo groups is 2. The molecule has 3 aromatic heterocycles. The van der Waals surface area contributed by atoms with Crippen LogP contribution in [0.4, 0.5) is 5.69 Å². The Hall–Kier alpha value is -10.2. The molecule has 0 bridgehead atoms. The molecule has 0 amide bonds. The van der Waals surface area contributed by atoms with Crippen LogP contribution in [-0.2, 0) is 0 Å². The lowest BCUT2D eigenvalue weighted by Gasteiger charge is -2.20. The Balaban J connectivity index is 0.900. The molecule has 9 aromatic carbocycles. The van der Waals surface area contributed by atoms with E-state index in [-0.39, 0.29) is 6.04 Å². The summed E-state index contributed by atoms with van der Waals surface area (Å²) in [6.45, 7) is 0. The summed E-state index contributed by atoms with van der Waals surface area (Å²) >= 11 is 0. The van der Waals surface area contributed by atoms with Gasteiger partial charge in [-0.05, 0) is 91.5 Å². The van der Waals surface area contributed by atoms with E-state index in [4.69, 9.17) is 20.1 Å². The number of rotatable bonds is 10. The van der Waals surface area contributed by atoms with Crippen molar-refractivity contribution in [3.63, 3.8) is 0 Å². The molecule has 5 nitrogen and oxygen atoms in total. The molecule has 2 aliphatic heterocycles. The van der Waals surface area contributed by atoms with Gasteiger partial charge in [-0.1, -0.05) is 229 Å². The van der Waals surface area contributed by atoms with Crippen molar-refractivity contribution in [1.82, 2.24) is 15.0 Å². The molecule has 0 aliphatic carbocycles. The summed E-state index contributed by atoms with van der Waals surface area (Å²) in [5.74, 6) is 0. The van der Waals surface area contributed by atoms with E-state index in [1.54, 1.807) is 0 Å². The average Bonchev–Trinajstić information content (AvgIpc) is 4.07. The van der Waals surface area contributed by atoms with E-state index in [1.165, 1.54) is 16.7 Å². The van der Waals surface area contributed by atoms with E-state index >= 15 is 0 Å². The van der Waals surface area contributed by atoms with Gasteiger partial charge >= 0.3 is 0 Å². The topological polar surface area (TPSA) is 54.0 Å². The molecular weight excluding hydrogens is 935 g/mol. The predicted molar refractivity (Wildman–Crippen MR) is 314 cm³/mol. The number of pyridine rings is 3. The molecule has 360 valence electrons. The molecule has 1 unspecified atom stereocenters. The first-order valence-corrected chi connectivity index (χ1v) is 26.1. The normalized spacial score (nSPS) is 13.2. The van der Waals surface area contributed by atoms with Crippen LogP contribution < -0.4 is 0 Å². The molecule has 0 saturated carbocycles. The molecule has 1 atom stereocenters. The Kier molecular flexibility index (Phi) is 11.5. The van der Waals surface area contributed by atoms with Gasteiger partial charge in [-0.25, -0.2) is 4.98 Å². The standard InChI is InChI=1S/C72H48N5/c1-4-18-48(19-5-1)49-32-34-52(35-33-49)69-44-70-65-30-16-17-31-66(65)72-71(77(70)76-69)43-58(47-75-72)64-29-15-14-28-63(64)57-41-55(61-26-12-10-24-59(61)53-36-38-67(73-45-53)50-20-6-2-7-21-50)40-56(42-57)62-27-13-11-25-60(62)54-37-39-68(74-46-54)51-22-8-3-9-23-51/h1-47,70H/q+1. The SMILES string of the molecule is C1=C(c2ccc(-c3ccccc3)cc2)N=[N+]2c3cc(-c4ccccc4-c4cc(-c5ccccc5-c5ccc(-c6ccccc6)nc5)cc(-c5ccccc5-c5ccc(-c6ccccc6)nc5)c4)cnc3-c3ccccc3C12. The third-order valence-corrected chi connectivity index (χ3v) is 15.0. The average molecular weight is 983 g/mol. The van der Waals surface area contributed by atoms with Gasteiger partial charge in [0.05, 0.1) is 11.4 Å². The number of hydrogen-bond acceptors (Lipinski definition) is 4. The van der Waals surface area contributed by atoms with Gasteiger partial charge in [0.2, 0.25) is 6.04 Å². The predicted octanol–water partition coefficient (Wildman–Crippen LogP) is 18.7. The maximum absolute atomic E-state index is 5.38. The molecule has 12 aromatic rings. The van der Waals surface area contributed by atoms with Crippen molar-refractivity contribution in [2.24, 2.45) is 5.11 Å². The molecule has 0 N–H and O–H groups in total. The fraction of sp³-hybridized carbons (Fsp3) is 0.0139. The van der Waals surface area contributed by atoms with Gasteiger partial charge in [0, 0.05) is 80.4 Å². The second-order valence-electron chi connectivity index (χ2n) is 19.6. The van der Waals surface area contributed by atoms with Crippen LogP contribution in [0, 0.1) is 0 Å². The van der Waals surface area contributed by atoms with Crippen molar-refractivity contribution < 1.29 is 4.70 Å². The minimum Gasteiger partial charge on any atom is -0.256 e. The lowest BCUT2D eigenvalue weighted by atomic mass is 9.86. The van der Waals surface area contributed by atoms with Gasteiger partial charge < -0.3 is 0 Å². The van der Waals surface area contributed by atoms with Gasteiger partial charge in [0.15, 0.2) is 0 Å². The molecule has 0 fully saturated rings. The fourth-order valence-electron chi connectivity index (χ4n) is 11.1. The summed E-state index contributed by atoms with van der Waals surface area (Å²) in [4.78, 5) is 15.3. The van der Waals surface area contributed by atoms with Crippen molar-refractivity contribution in [3.8, 4) is 112 Å². The van der Waals surface area contributed by atoms with Gasteiger partial charge in [-0.15, -0.1) is 0 Å². The van der Waals surface area contributed by atoms with Crippen molar-refractivity contribution in [1.29, 1.82) is 0 Å². The zero-order valence-electron chi connectivity index (χ0n) is 41.9. The quantitative estimate of drug-likeness (QED) is 0.128. The van der Waals surface area contributed by atoms with Crippen molar-refractivity contribution in [2.75, 3.05) is 0 Å². The monoisotopic (exact) mass is 982 g/mol. The fourth-order valence-corrected chi connectivity index (χ4v) is 11.1. The maximum atomic E-state index is 5.38. The summed E-state index contributed by atoms with van der Waals surface area (Å²) in [5, 5.41) is 5.38. The lowest BCUT2D eigenvalue weighted by Crippen LogP contribution is -2.15. The van der Waals surface area contributed by atoms with Gasteiger partial charge in [-0.2, -0.15) is 0 Å². The molecular formula is C72H48N5+. The second-order valence-corrected chi connectivity index (χ2v) is 19.6. The smallest absolute Gasteiger partial charge is 0.256 e. The molecule has 5 heterocycles. The van der Waals surface area contributed by atoms with Crippen LogP contribution in [0.1, 0.15) is 17.2 Å². The number of benzene rings is 9. The van der Waals surface area contributed by atoms with Crippen molar-refractivity contribution in [3.05, 3.63) is 297 Å². The largest absolute Gasteiger partial charge is 0.259 e. The third kappa shape index (κ3) is 8.56. The summed E-state index contributed by atoms with van der Waals surface area (Å²) < 4.78 is 2.17. The molecule has 77 heavy (non-hydrogen) atoms. The van der Waals surface area contributed by atoms with Crippen molar-refractivity contribution >= 4 is 11.4 Å². The van der Waals surface area contributed by atoms with Crippen LogP contribution in [0.15, 0.2) is 291 Å². The molecule has 5 heteroatoms. The molecule has 0 spiro atoms.